The van der Waals surface area contributed by atoms with Gasteiger partial charge in [-0.3, -0.25) is 0 Å². The minimum atomic E-state index is -0.203. The second kappa shape index (κ2) is 4.94. The summed E-state index contributed by atoms with van der Waals surface area (Å²) in [5, 5.41) is 0. The molecule has 2 nitrogen and oxygen atoms in total. The van der Waals surface area contributed by atoms with E-state index in [-0.39, 0.29) is 5.82 Å². The van der Waals surface area contributed by atoms with E-state index in [1.54, 1.807) is 12.1 Å². The maximum atomic E-state index is 12.6. The largest absolute Gasteiger partial charge is 0.305 e. The average Bonchev–Trinajstić information content (AvgIpc) is 2.15. The zero-order valence-corrected chi connectivity index (χ0v) is 7.66. The Morgan fingerprint density at radius 2 is 2.00 bits per heavy atom. The molecule has 0 aliphatic heterocycles. The lowest BCUT2D eigenvalue weighted by molar-refractivity contribution is 0.131. The first-order chi connectivity index (χ1) is 6.24. The summed E-state index contributed by atoms with van der Waals surface area (Å²) in [6, 6.07) is 6.51. The van der Waals surface area contributed by atoms with Gasteiger partial charge in [0.1, 0.15) is 5.82 Å². The summed E-state index contributed by atoms with van der Waals surface area (Å²) < 4.78 is 12.6. The summed E-state index contributed by atoms with van der Waals surface area (Å²) >= 11 is 0. The van der Waals surface area contributed by atoms with Crippen molar-refractivity contribution in [1.29, 1.82) is 0 Å². The molecule has 1 aromatic rings. The van der Waals surface area contributed by atoms with Gasteiger partial charge in [-0.05, 0) is 30.0 Å². The van der Waals surface area contributed by atoms with E-state index in [9.17, 15) is 4.39 Å². The van der Waals surface area contributed by atoms with Gasteiger partial charge in [0.15, 0.2) is 0 Å². The number of rotatable bonds is 4. The predicted molar refractivity (Wildman–Crippen MR) is 49.6 cm³/mol. The Hall–Kier alpha value is -0.930. The highest BCUT2D eigenvalue weighted by molar-refractivity contribution is 5.19. The Kier molecular flexibility index (Phi) is 3.86. The summed E-state index contributed by atoms with van der Waals surface area (Å²) in [7, 11) is 0. The molecule has 1 atom stereocenters. The average molecular weight is 183 g/mol. The van der Waals surface area contributed by atoms with E-state index in [1.165, 1.54) is 12.1 Å². The van der Waals surface area contributed by atoms with E-state index in [4.69, 9.17) is 5.90 Å². The minimum absolute atomic E-state index is 0.203. The summed E-state index contributed by atoms with van der Waals surface area (Å²) in [6.07, 6.45) is 0.849. The first-order valence-corrected chi connectivity index (χ1v) is 4.31. The van der Waals surface area contributed by atoms with E-state index in [1.807, 2.05) is 0 Å². The maximum Gasteiger partial charge on any atom is 0.123 e. The number of hydrogen-bond acceptors (Lipinski definition) is 2. The van der Waals surface area contributed by atoms with Gasteiger partial charge in [-0.1, -0.05) is 19.1 Å². The van der Waals surface area contributed by atoms with Gasteiger partial charge in [-0.2, -0.15) is 0 Å². The highest BCUT2D eigenvalue weighted by atomic mass is 19.1. The van der Waals surface area contributed by atoms with Gasteiger partial charge in [0.05, 0.1) is 6.61 Å². The molecule has 0 aromatic heterocycles. The van der Waals surface area contributed by atoms with Crippen LogP contribution in [0.2, 0.25) is 0 Å². The van der Waals surface area contributed by atoms with Crippen LogP contribution >= 0.6 is 0 Å². The smallest absolute Gasteiger partial charge is 0.123 e. The topological polar surface area (TPSA) is 35.2 Å². The SMILES string of the molecule is CC(CCON)c1ccc(F)cc1. The molecule has 3 heteroatoms. The molecule has 1 unspecified atom stereocenters. The Morgan fingerprint density at radius 1 is 1.38 bits per heavy atom. The Morgan fingerprint density at radius 3 is 2.54 bits per heavy atom. The fourth-order valence-corrected chi connectivity index (χ4v) is 1.20. The summed E-state index contributed by atoms with van der Waals surface area (Å²) in [4.78, 5) is 4.48. The van der Waals surface area contributed by atoms with Crippen molar-refractivity contribution in [3.63, 3.8) is 0 Å². The molecule has 0 saturated heterocycles. The van der Waals surface area contributed by atoms with Gasteiger partial charge in [0.2, 0.25) is 0 Å². The lowest BCUT2D eigenvalue weighted by Crippen LogP contribution is -2.04. The summed E-state index contributed by atoms with van der Waals surface area (Å²) in [6.45, 7) is 2.59. The second-order valence-electron chi connectivity index (χ2n) is 3.11. The highest BCUT2D eigenvalue weighted by Crippen LogP contribution is 2.18. The molecular formula is C10H14FNO. The molecule has 1 aromatic carbocycles. The second-order valence-corrected chi connectivity index (χ2v) is 3.11. The van der Waals surface area contributed by atoms with Gasteiger partial charge in [-0.15, -0.1) is 0 Å². The molecule has 0 aliphatic rings. The molecule has 0 bridgehead atoms. The molecule has 0 aliphatic carbocycles. The fraction of sp³-hybridized carbons (Fsp3) is 0.400. The van der Waals surface area contributed by atoms with Gasteiger partial charge in [0.25, 0.3) is 0 Å². The van der Waals surface area contributed by atoms with Gasteiger partial charge >= 0.3 is 0 Å². The van der Waals surface area contributed by atoms with Crippen molar-refractivity contribution in [3.05, 3.63) is 35.6 Å². The Bertz CT molecular complexity index is 248. The molecule has 1 rings (SSSR count). The monoisotopic (exact) mass is 183 g/mol. The Labute approximate surface area is 77.5 Å². The third-order valence-corrected chi connectivity index (χ3v) is 2.11. The molecule has 0 spiro atoms. The Balaban J connectivity index is 2.55. The van der Waals surface area contributed by atoms with E-state index >= 15 is 0 Å². The third kappa shape index (κ3) is 3.13. The van der Waals surface area contributed by atoms with E-state index < -0.39 is 0 Å². The normalized spacial score (nSPS) is 12.8. The van der Waals surface area contributed by atoms with Crippen LogP contribution in [0.5, 0.6) is 0 Å². The summed E-state index contributed by atoms with van der Waals surface area (Å²) in [5.41, 5.74) is 1.11. The maximum absolute atomic E-state index is 12.6. The zero-order valence-electron chi connectivity index (χ0n) is 7.66. The molecule has 0 saturated carbocycles. The first kappa shape index (κ1) is 10.2. The quantitative estimate of drug-likeness (QED) is 0.726. The van der Waals surface area contributed by atoms with Crippen LogP contribution in [-0.2, 0) is 4.84 Å². The van der Waals surface area contributed by atoms with Crippen LogP contribution in [0.4, 0.5) is 4.39 Å². The van der Waals surface area contributed by atoms with Crippen molar-refractivity contribution >= 4 is 0 Å². The molecule has 2 N–H and O–H groups in total. The van der Waals surface area contributed by atoms with Gasteiger partial charge in [-0.25, -0.2) is 10.3 Å². The zero-order chi connectivity index (χ0) is 9.68. The lowest BCUT2D eigenvalue weighted by Gasteiger charge is -2.10. The van der Waals surface area contributed by atoms with Crippen molar-refractivity contribution in [2.75, 3.05) is 6.61 Å². The van der Waals surface area contributed by atoms with Crippen molar-refractivity contribution in [2.45, 2.75) is 19.3 Å². The number of hydrogen-bond donors (Lipinski definition) is 1. The number of nitrogens with two attached hydrogens (primary N) is 1. The van der Waals surface area contributed by atoms with Crippen LogP contribution in [0.3, 0.4) is 0 Å². The molecule has 0 radical (unpaired) electrons. The van der Waals surface area contributed by atoms with Crippen molar-refractivity contribution in [3.8, 4) is 0 Å². The van der Waals surface area contributed by atoms with Crippen molar-refractivity contribution in [1.82, 2.24) is 0 Å². The number of halogens is 1. The minimum Gasteiger partial charge on any atom is -0.305 e. The van der Waals surface area contributed by atoms with Crippen LogP contribution in [0, 0.1) is 5.82 Å². The molecular weight excluding hydrogens is 169 g/mol. The van der Waals surface area contributed by atoms with Gasteiger partial charge < -0.3 is 4.84 Å². The lowest BCUT2D eigenvalue weighted by atomic mass is 9.98. The van der Waals surface area contributed by atoms with Crippen molar-refractivity contribution < 1.29 is 9.23 Å². The van der Waals surface area contributed by atoms with Crippen LogP contribution in [0.15, 0.2) is 24.3 Å². The molecule has 13 heavy (non-hydrogen) atoms. The highest BCUT2D eigenvalue weighted by Gasteiger charge is 2.04. The van der Waals surface area contributed by atoms with Crippen LogP contribution in [0.25, 0.3) is 0 Å². The van der Waals surface area contributed by atoms with Crippen molar-refractivity contribution in [2.24, 2.45) is 5.90 Å². The molecule has 0 fully saturated rings. The van der Waals surface area contributed by atoms with E-state index in [0.29, 0.717) is 12.5 Å². The molecule has 0 amide bonds. The number of benzene rings is 1. The van der Waals surface area contributed by atoms with E-state index in [0.717, 1.165) is 12.0 Å². The van der Waals surface area contributed by atoms with Crippen LogP contribution in [-0.4, -0.2) is 6.61 Å². The predicted octanol–water partition coefficient (Wildman–Crippen LogP) is 2.21. The third-order valence-electron chi connectivity index (χ3n) is 2.11. The van der Waals surface area contributed by atoms with Crippen LogP contribution < -0.4 is 5.90 Å². The fourth-order valence-electron chi connectivity index (χ4n) is 1.20. The first-order valence-electron chi connectivity index (χ1n) is 4.31. The van der Waals surface area contributed by atoms with Crippen LogP contribution in [0.1, 0.15) is 24.8 Å². The molecule has 72 valence electrons. The van der Waals surface area contributed by atoms with Gasteiger partial charge in [0, 0.05) is 0 Å². The summed E-state index contributed by atoms with van der Waals surface area (Å²) in [5.74, 6) is 5.07. The van der Waals surface area contributed by atoms with E-state index in [2.05, 4.69) is 11.8 Å². The standard InChI is InChI=1S/C10H14FNO/c1-8(6-7-13-12)9-2-4-10(11)5-3-9/h2-5,8H,6-7,12H2,1H3. The molecule has 0 heterocycles.